The van der Waals surface area contributed by atoms with E-state index in [9.17, 15) is 4.79 Å². The van der Waals surface area contributed by atoms with Crippen LogP contribution in [0.3, 0.4) is 0 Å². The van der Waals surface area contributed by atoms with Crippen molar-refractivity contribution in [1.29, 1.82) is 0 Å². The lowest BCUT2D eigenvalue weighted by molar-refractivity contribution is 0.0954. The lowest BCUT2D eigenvalue weighted by atomic mass is 10.1. The predicted octanol–water partition coefficient (Wildman–Crippen LogP) is 3.90. The van der Waals surface area contributed by atoms with E-state index in [0.717, 1.165) is 28.6 Å². The molecule has 1 heterocycles. The van der Waals surface area contributed by atoms with Crippen molar-refractivity contribution in [2.45, 2.75) is 13.5 Å². The van der Waals surface area contributed by atoms with Gasteiger partial charge in [-0.25, -0.2) is 5.43 Å². The maximum atomic E-state index is 12.2. The number of rotatable bonds is 5. The Balaban J connectivity index is 1.82. The molecule has 0 saturated heterocycles. The van der Waals surface area contributed by atoms with Crippen LogP contribution in [-0.2, 0) is 6.54 Å². The Morgan fingerprint density at radius 3 is 2.75 bits per heavy atom. The second-order valence-electron chi connectivity index (χ2n) is 5.56. The number of aromatic nitrogens is 1. The van der Waals surface area contributed by atoms with Crippen LogP contribution in [0.2, 0.25) is 0 Å². The molecular weight excluding hydrogens is 298 g/mol. The smallest absolute Gasteiger partial charge is 0.271 e. The molecule has 1 amide bonds. The number of hydrazone groups is 1. The summed E-state index contributed by atoms with van der Waals surface area (Å²) in [6.07, 6.45) is 5.54. The molecule has 0 aliphatic carbocycles. The standard InChI is InChI=1S/C20H19N3O/c1-3-12-23-14-16(18-10-6-7-11-19(18)23)13-21-22-20(24)17-9-5-4-8-15(17)2/h3-11,13-14H,1,12H2,2H3,(H,22,24)/b21-13+. The molecule has 0 unspecified atom stereocenters. The fourth-order valence-corrected chi connectivity index (χ4v) is 2.72. The number of para-hydroxylation sites is 1. The van der Waals surface area contributed by atoms with Gasteiger partial charge in [-0.2, -0.15) is 5.10 Å². The molecule has 4 heteroatoms. The van der Waals surface area contributed by atoms with Crippen LogP contribution in [0.25, 0.3) is 10.9 Å². The molecule has 0 aliphatic heterocycles. The number of allylic oxidation sites excluding steroid dienone is 1. The van der Waals surface area contributed by atoms with Gasteiger partial charge in [0.1, 0.15) is 0 Å². The fraction of sp³-hybridized carbons (Fsp3) is 0.100. The number of amides is 1. The highest BCUT2D eigenvalue weighted by Crippen LogP contribution is 2.20. The van der Waals surface area contributed by atoms with E-state index in [1.807, 2.05) is 55.6 Å². The van der Waals surface area contributed by atoms with Gasteiger partial charge in [-0.15, -0.1) is 6.58 Å². The normalized spacial score (nSPS) is 11.0. The molecule has 0 fully saturated rings. The average Bonchev–Trinajstić information content (AvgIpc) is 2.94. The largest absolute Gasteiger partial charge is 0.343 e. The SMILES string of the molecule is C=CCn1cc(/C=N/NC(=O)c2ccccc2C)c2ccccc21. The van der Waals surface area contributed by atoms with Crippen molar-refractivity contribution in [3.8, 4) is 0 Å². The molecule has 1 N–H and O–H groups in total. The van der Waals surface area contributed by atoms with Crippen molar-refractivity contribution in [2.24, 2.45) is 5.10 Å². The minimum atomic E-state index is -0.209. The molecule has 0 atom stereocenters. The van der Waals surface area contributed by atoms with Crippen molar-refractivity contribution in [2.75, 3.05) is 0 Å². The summed E-state index contributed by atoms with van der Waals surface area (Å²) < 4.78 is 2.10. The Labute approximate surface area is 141 Å². The van der Waals surface area contributed by atoms with Crippen LogP contribution in [0.1, 0.15) is 21.5 Å². The number of nitrogens with one attached hydrogen (secondary N) is 1. The molecule has 3 rings (SSSR count). The Morgan fingerprint density at radius 1 is 1.21 bits per heavy atom. The van der Waals surface area contributed by atoms with Crippen molar-refractivity contribution >= 4 is 23.0 Å². The van der Waals surface area contributed by atoms with Gasteiger partial charge >= 0.3 is 0 Å². The van der Waals surface area contributed by atoms with Crippen LogP contribution in [0.5, 0.6) is 0 Å². The molecule has 4 nitrogen and oxygen atoms in total. The summed E-state index contributed by atoms with van der Waals surface area (Å²) >= 11 is 0. The van der Waals surface area contributed by atoms with E-state index in [-0.39, 0.29) is 5.91 Å². The number of aryl methyl sites for hydroxylation is 1. The number of nitrogens with zero attached hydrogens (tertiary/aromatic N) is 2. The van der Waals surface area contributed by atoms with E-state index in [4.69, 9.17) is 0 Å². The Hall–Kier alpha value is -3.14. The Kier molecular flexibility index (Phi) is 4.57. The summed E-state index contributed by atoms with van der Waals surface area (Å²) in [6.45, 7) is 6.42. The summed E-state index contributed by atoms with van der Waals surface area (Å²) in [7, 11) is 0. The summed E-state index contributed by atoms with van der Waals surface area (Å²) in [5.41, 5.74) is 6.22. The molecule has 0 bridgehead atoms. The highest BCUT2D eigenvalue weighted by Gasteiger charge is 2.08. The molecule has 0 radical (unpaired) electrons. The number of hydrogen-bond acceptors (Lipinski definition) is 2. The summed E-state index contributed by atoms with van der Waals surface area (Å²) in [4.78, 5) is 12.2. The van der Waals surface area contributed by atoms with Crippen LogP contribution in [0, 0.1) is 6.92 Å². The maximum Gasteiger partial charge on any atom is 0.271 e. The first-order valence-corrected chi connectivity index (χ1v) is 7.78. The molecule has 24 heavy (non-hydrogen) atoms. The second kappa shape index (κ2) is 6.96. The third-order valence-corrected chi connectivity index (χ3v) is 3.90. The molecule has 0 saturated carbocycles. The van der Waals surface area contributed by atoms with Crippen LogP contribution >= 0.6 is 0 Å². The molecule has 1 aromatic heterocycles. The summed E-state index contributed by atoms with van der Waals surface area (Å²) in [5.74, 6) is -0.209. The van der Waals surface area contributed by atoms with Crippen molar-refractivity contribution in [3.63, 3.8) is 0 Å². The van der Waals surface area contributed by atoms with Gasteiger partial charge in [0.15, 0.2) is 0 Å². The molecular formula is C20H19N3O. The molecule has 120 valence electrons. The number of carbonyl (C=O) groups is 1. The van der Waals surface area contributed by atoms with E-state index in [2.05, 4.69) is 27.7 Å². The van der Waals surface area contributed by atoms with Crippen LogP contribution in [0.4, 0.5) is 0 Å². The molecule has 2 aromatic carbocycles. The first-order chi connectivity index (χ1) is 11.7. The third-order valence-electron chi connectivity index (χ3n) is 3.90. The highest BCUT2D eigenvalue weighted by atomic mass is 16.2. The van der Waals surface area contributed by atoms with Gasteiger partial charge in [0.25, 0.3) is 5.91 Å². The van der Waals surface area contributed by atoms with Crippen LogP contribution in [-0.4, -0.2) is 16.7 Å². The van der Waals surface area contributed by atoms with E-state index in [1.165, 1.54) is 0 Å². The number of carbonyl (C=O) groups excluding carboxylic acids is 1. The molecule has 0 spiro atoms. The first kappa shape index (κ1) is 15.7. The zero-order valence-corrected chi connectivity index (χ0v) is 13.6. The topological polar surface area (TPSA) is 46.4 Å². The number of hydrogen-bond donors (Lipinski definition) is 1. The first-order valence-electron chi connectivity index (χ1n) is 7.78. The van der Waals surface area contributed by atoms with Gasteiger partial charge in [-0.3, -0.25) is 4.79 Å². The summed E-state index contributed by atoms with van der Waals surface area (Å²) in [5, 5.41) is 5.21. The van der Waals surface area contributed by atoms with E-state index in [1.54, 1.807) is 12.3 Å². The Morgan fingerprint density at radius 2 is 1.96 bits per heavy atom. The predicted molar refractivity (Wildman–Crippen MR) is 98.4 cm³/mol. The molecule has 3 aromatic rings. The number of fused-ring (bicyclic) bond motifs is 1. The maximum absolute atomic E-state index is 12.2. The third kappa shape index (κ3) is 3.13. The summed E-state index contributed by atoms with van der Waals surface area (Å²) in [6, 6.07) is 15.5. The average molecular weight is 317 g/mol. The van der Waals surface area contributed by atoms with Crippen molar-refractivity contribution in [3.05, 3.63) is 84.1 Å². The number of benzene rings is 2. The minimum absolute atomic E-state index is 0.209. The minimum Gasteiger partial charge on any atom is -0.343 e. The molecule has 0 aliphatic rings. The lowest BCUT2D eigenvalue weighted by Gasteiger charge is -2.02. The van der Waals surface area contributed by atoms with Gasteiger partial charge in [-0.05, 0) is 24.6 Å². The lowest BCUT2D eigenvalue weighted by Crippen LogP contribution is -2.18. The zero-order chi connectivity index (χ0) is 16.9. The van der Waals surface area contributed by atoms with Gasteiger partial charge < -0.3 is 4.57 Å². The van der Waals surface area contributed by atoms with Gasteiger partial charge in [0.2, 0.25) is 0 Å². The Bertz CT molecular complexity index is 922. The van der Waals surface area contributed by atoms with Gasteiger partial charge in [-0.1, -0.05) is 42.5 Å². The van der Waals surface area contributed by atoms with E-state index < -0.39 is 0 Å². The zero-order valence-electron chi connectivity index (χ0n) is 13.6. The van der Waals surface area contributed by atoms with Crippen molar-refractivity contribution in [1.82, 2.24) is 9.99 Å². The van der Waals surface area contributed by atoms with Gasteiger partial charge in [0, 0.05) is 34.8 Å². The van der Waals surface area contributed by atoms with Crippen LogP contribution < -0.4 is 5.43 Å². The highest BCUT2D eigenvalue weighted by molar-refractivity contribution is 6.00. The monoisotopic (exact) mass is 317 g/mol. The van der Waals surface area contributed by atoms with E-state index in [0.29, 0.717) is 5.56 Å². The second-order valence-corrected chi connectivity index (χ2v) is 5.56. The quantitative estimate of drug-likeness (QED) is 0.433. The van der Waals surface area contributed by atoms with Crippen molar-refractivity contribution < 1.29 is 4.79 Å². The van der Waals surface area contributed by atoms with E-state index >= 15 is 0 Å². The van der Waals surface area contributed by atoms with Crippen LogP contribution in [0.15, 0.2) is 72.5 Å². The van der Waals surface area contributed by atoms with Gasteiger partial charge in [0.05, 0.1) is 6.21 Å². The fourth-order valence-electron chi connectivity index (χ4n) is 2.72.